The number of methoxy groups -OCH3 is 2. The Morgan fingerprint density at radius 3 is 2.00 bits per heavy atom. The van der Waals surface area contributed by atoms with Crippen LogP contribution in [0.1, 0.15) is 25.0 Å². The molecular weight excluding hydrogens is 499 g/mol. The summed E-state index contributed by atoms with van der Waals surface area (Å²) >= 11 is 7.46. The van der Waals surface area contributed by atoms with E-state index in [1.165, 1.54) is 19.9 Å². The van der Waals surface area contributed by atoms with Gasteiger partial charge in [0.15, 0.2) is 0 Å². The number of ether oxygens (including phenoxy) is 2. The summed E-state index contributed by atoms with van der Waals surface area (Å²) in [5, 5.41) is 0. The first-order valence-corrected chi connectivity index (χ1v) is 11.4. The summed E-state index contributed by atoms with van der Waals surface area (Å²) in [5.74, 6) is -3.56. The number of hydrogen-bond acceptors (Lipinski definition) is 8. The van der Waals surface area contributed by atoms with Crippen molar-refractivity contribution in [2.75, 3.05) is 19.1 Å². The zero-order valence-electron chi connectivity index (χ0n) is 18.1. The van der Waals surface area contributed by atoms with Gasteiger partial charge in [0.1, 0.15) is 9.81 Å². The quantitative estimate of drug-likeness (QED) is 0.316. The van der Waals surface area contributed by atoms with Crippen LogP contribution < -0.4 is 4.90 Å². The van der Waals surface area contributed by atoms with Gasteiger partial charge in [-0.25, -0.2) is 9.59 Å². The van der Waals surface area contributed by atoms with Gasteiger partial charge < -0.3 is 9.47 Å². The summed E-state index contributed by atoms with van der Waals surface area (Å²) in [6.07, 6.45) is -5.12. The lowest BCUT2D eigenvalue weighted by Crippen LogP contribution is -2.59. The molecule has 0 atom stereocenters. The maximum Gasteiger partial charge on any atom is 0.471 e. The maximum absolute atomic E-state index is 13.5. The summed E-state index contributed by atoms with van der Waals surface area (Å²) in [6.45, 7) is 4.58. The summed E-state index contributed by atoms with van der Waals surface area (Å²) in [5.41, 5.74) is -0.127. The van der Waals surface area contributed by atoms with E-state index in [0.29, 0.717) is 20.3 Å². The van der Waals surface area contributed by atoms with Gasteiger partial charge in [0, 0.05) is 11.1 Å². The van der Waals surface area contributed by atoms with Gasteiger partial charge in [0.2, 0.25) is 0 Å². The van der Waals surface area contributed by atoms with E-state index < -0.39 is 29.6 Å². The van der Waals surface area contributed by atoms with E-state index in [4.69, 9.17) is 21.7 Å². The van der Waals surface area contributed by atoms with E-state index >= 15 is 0 Å². The molecule has 0 saturated carbocycles. The van der Waals surface area contributed by atoms with Crippen LogP contribution in [0, 0.1) is 6.92 Å². The molecular formula is C21H18F3NO5S3. The third-order valence-corrected chi connectivity index (χ3v) is 8.25. The van der Waals surface area contributed by atoms with E-state index in [-0.39, 0.29) is 20.4 Å². The Bertz CT molecular complexity index is 1120. The number of carbonyl (C=O) groups is 3. The van der Waals surface area contributed by atoms with Crippen molar-refractivity contribution in [2.24, 2.45) is 0 Å². The molecule has 6 nitrogen and oxygen atoms in total. The number of alkyl halides is 3. The van der Waals surface area contributed by atoms with Gasteiger partial charge >= 0.3 is 24.0 Å². The fourth-order valence-electron chi connectivity index (χ4n) is 3.42. The first kappa shape index (κ1) is 25.3. The third kappa shape index (κ3) is 4.31. The van der Waals surface area contributed by atoms with Crippen LogP contribution in [0.5, 0.6) is 0 Å². The molecule has 0 aliphatic carbocycles. The van der Waals surface area contributed by atoms with Gasteiger partial charge in [-0.15, -0.1) is 0 Å². The lowest BCUT2D eigenvalue weighted by Gasteiger charge is -2.45. The van der Waals surface area contributed by atoms with E-state index in [2.05, 4.69) is 0 Å². The van der Waals surface area contributed by atoms with Crippen LogP contribution in [0.15, 0.2) is 32.2 Å². The number of benzene rings is 1. The van der Waals surface area contributed by atoms with E-state index in [1.807, 2.05) is 0 Å². The molecule has 33 heavy (non-hydrogen) atoms. The molecule has 1 aromatic carbocycles. The first-order valence-electron chi connectivity index (χ1n) is 9.33. The average Bonchev–Trinajstić information content (AvgIpc) is 3.17. The molecule has 1 aromatic rings. The van der Waals surface area contributed by atoms with Crippen molar-refractivity contribution in [1.82, 2.24) is 0 Å². The van der Waals surface area contributed by atoms with Crippen molar-refractivity contribution >= 4 is 69.7 Å². The van der Waals surface area contributed by atoms with Gasteiger partial charge in [-0.2, -0.15) is 13.2 Å². The minimum absolute atomic E-state index is 0.0135. The lowest BCUT2D eigenvalue weighted by atomic mass is 9.82. The van der Waals surface area contributed by atoms with E-state index in [1.54, 1.807) is 19.1 Å². The van der Waals surface area contributed by atoms with Gasteiger partial charge in [-0.3, -0.25) is 9.69 Å². The summed E-state index contributed by atoms with van der Waals surface area (Å²) in [7, 11) is 2.32. The molecule has 0 saturated heterocycles. The predicted molar refractivity (Wildman–Crippen MR) is 125 cm³/mol. The van der Waals surface area contributed by atoms with Crippen molar-refractivity contribution in [3.63, 3.8) is 0 Å². The summed E-state index contributed by atoms with van der Waals surface area (Å²) in [6, 6.07) is 4.64. The monoisotopic (exact) mass is 517 g/mol. The Morgan fingerprint density at radius 2 is 1.55 bits per heavy atom. The maximum atomic E-state index is 13.5. The third-order valence-electron chi connectivity index (χ3n) is 4.99. The van der Waals surface area contributed by atoms with Crippen molar-refractivity contribution in [3.8, 4) is 0 Å². The molecule has 2 aliphatic heterocycles. The molecule has 0 unspecified atom stereocenters. The Balaban J connectivity index is 2.28. The van der Waals surface area contributed by atoms with Gasteiger partial charge in [0.25, 0.3) is 0 Å². The molecule has 0 fully saturated rings. The Morgan fingerprint density at radius 1 is 1.03 bits per heavy atom. The molecule has 12 heteroatoms. The predicted octanol–water partition coefficient (Wildman–Crippen LogP) is 4.76. The van der Waals surface area contributed by atoms with Gasteiger partial charge in [-0.1, -0.05) is 47.4 Å². The van der Waals surface area contributed by atoms with E-state index in [0.717, 1.165) is 43.3 Å². The lowest BCUT2D eigenvalue weighted by molar-refractivity contribution is -0.171. The van der Waals surface area contributed by atoms with Crippen molar-refractivity contribution in [3.05, 3.63) is 43.4 Å². The highest BCUT2D eigenvalue weighted by Gasteiger charge is 2.53. The molecule has 176 valence electrons. The summed E-state index contributed by atoms with van der Waals surface area (Å²) in [4.78, 5) is 37.6. The van der Waals surface area contributed by atoms with Crippen molar-refractivity contribution in [1.29, 1.82) is 0 Å². The Hall–Kier alpha value is -2.31. The van der Waals surface area contributed by atoms with Gasteiger partial charge in [-0.05, 0) is 32.9 Å². The SMILES string of the molecule is COC(=O)C1=C(C(=O)OC)SC(=C2C(=S)C(C)(C)N(C(=O)C(F)(F)F)c3ccc(C)cc32)S1. The van der Waals surface area contributed by atoms with Crippen molar-refractivity contribution in [2.45, 2.75) is 32.5 Å². The number of rotatable bonds is 2. The number of esters is 2. The molecule has 0 aromatic heterocycles. The zero-order valence-corrected chi connectivity index (χ0v) is 20.5. The van der Waals surface area contributed by atoms with Crippen molar-refractivity contribution < 1.29 is 37.0 Å². The molecule has 0 bridgehead atoms. The minimum Gasteiger partial charge on any atom is -0.465 e. The molecule has 1 amide bonds. The second kappa shape index (κ2) is 8.80. The number of thiocarbonyl (C=S) groups is 1. The molecule has 2 heterocycles. The largest absolute Gasteiger partial charge is 0.471 e. The Kier molecular flexibility index (Phi) is 6.75. The zero-order chi connectivity index (χ0) is 24.9. The minimum atomic E-state index is -5.12. The standard InChI is InChI=1S/C21H18F3NO5S3/c1-9-6-7-11-10(8-9)12(15(31)20(2,3)25(11)19(28)21(22,23)24)18-32-13(16(26)29-4)14(33-18)17(27)30-5/h6-8H,1-5H3. The fraction of sp³-hybridized carbons (Fsp3) is 0.333. The topological polar surface area (TPSA) is 72.9 Å². The number of anilines is 1. The summed E-state index contributed by atoms with van der Waals surface area (Å²) < 4.78 is 50.3. The number of carbonyl (C=O) groups excluding carboxylic acids is 3. The molecule has 3 rings (SSSR count). The highest BCUT2D eigenvalue weighted by molar-refractivity contribution is 8.29. The fourth-order valence-corrected chi connectivity index (χ4v) is 6.46. The van der Waals surface area contributed by atoms with E-state index in [9.17, 15) is 27.6 Å². The number of aryl methyl sites for hydroxylation is 1. The van der Waals surface area contributed by atoms with Crippen LogP contribution >= 0.6 is 35.7 Å². The first-order chi connectivity index (χ1) is 15.2. The molecule has 0 radical (unpaired) electrons. The number of amides is 1. The van der Waals surface area contributed by atoms with Crippen LogP contribution in [-0.2, 0) is 23.9 Å². The Labute approximate surface area is 201 Å². The number of fused-ring (bicyclic) bond motifs is 1. The number of halogens is 3. The van der Waals surface area contributed by atoms with Crippen LogP contribution in [0.3, 0.4) is 0 Å². The second-order valence-corrected chi connectivity index (χ2v) is 10.3. The smallest absolute Gasteiger partial charge is 0.465 e. The van der Waals surface area contributed by atoms with Crippen LogP contribution in [0.2, 0.25) is 0 Å². The molecule has 0 N–H and O–H groups in total. The van der Waals surface area contributed by atoms with Crippen LogP contribution in [0.25, 0.3) is 5.57 Å². The second-order valence-electron chi connectivity index (χ2n) is 7.56. The van der Waals surface area contributed by atoms with Crippen LogP contribution in [-0.4, -0.2) is 48.6 Å². The molecule has 2 aliphatic rings. The van der Waals surface area contributed by atoms with Crippen LogP contribution in [0.4, 0.5) is 18.9 Å². The number of nitrogens with zero attached hydrogens (tertiary/aromatic N) is 1. The number of thioether (sulfide) groups is 2. The average molecular weight is 518 g/mol. The highest BCUT2D eigenvalue weighted by Crippen LogP contribution is 2.56. The highest BCUT2D eigenvalue weighted by atomic mass is 32.2. The normalized spacial score (nSPS) is 17.8. The number of hydrogen-bond donors (Lipinski definition) is 0. The van der Waals surface area contributed by atoms with Gasteiger partial charge in [0.05, 0.1) is 34.5 Å². The molecule has 0 spiro atoms.